The minimum absolute atomic E-state index is 0.154. The highest BCUT2D eigenvalue weighted by Gasteiger charge is 2.21. The molecule has 0 spiro atoms. The molecule has 2 unspecified atom stereocenters. The molecule has 39 heavy (non-hydrogen) atoms. The van der Waals surface area contributed by atoms with Crippen LogP contribution in [0.1, 0.15) is 35.3 Å². The summed E-state index contributed by atoms with van der Waals surface area (Å²) in [5.74, 6) is 2.05. The zero-order valence-electron chi connectivity index (χ0n) is 22.7. The van der Waals surface area contributed by atoms with E-state index >= 15 is 0 Å². The number of aryl methyl sites for hydroxylation is 1. The fourth-order valence-corrected chi connectivity index (χ4v) is 4.72. The van der Waals surface area contributed by atoms with Crippen LogP contribution in [0.2, 0.25) is 0 Å². The van der Waals surface area contributed by atoms with Gasteiger partial charge in [-0.2, -0.15) is 0 Å². The van der Waals surface area contributed by atoms with E-state index in [0.29, 0.717) is 42.2 Å². The van der Waals surface area contributed by atoms with E-state index in [1.165, 1.54) is 11.1 Å². The second-order valence-corrected chi connectivity index (χ2v) is 9.72. The van der Waals surface area contributed by atoms with Crippen LogP contribution in [-0.2, 0) is 17.8 Å². The van der Waals surface area contributed by atoms with Crippen molar-refractivity contribution >= 4 is 12.1 Å². The monoisotopic (exact) mass is 524 g/mol. The molecule has 0 aromatic heterocycles. The van der Waals surface area contributed by atoms with Crippen molar-refractivity contribution in [3.63, 3.8) is 0 Å². The number of methoxy groups -OCH3 is 1. The molecule has 202 valence electrons. The summed E-state index contributed by atoms with van der Waals surface area (Å²) in [6, 6.07) is 31.5. The molecule has 0 saturated carbocycles. The zero-order chi connectivity index (χ0) is 27.6. The van der Waals surface area contributed by atoms with E-state index in [1.807, 2.05) is 60.7 Å². The van der Waals surface area contributed by atoms with Crippen molar-refractivity contribution in [3.05, 3.63) is 119 Å². The van der Waals surface area contributed by atoms with Crippen LogP contribution in [0, 0.1) is 6.92 Å². The Morgan fingerprint density at radius 1 is 0.897 bits per heavy atom. The number of amides is 1. The lowest BCUT2D eigenvalue weighted by Crippen LogP contribution is -2.37. The molecule has 4 aromatic rings. The number of carbonyl (C=O) groups excluding carboxylic acids is 1. The first-order valence-electron chi connectivity index (χ1n) is 13.1. The molecule has 6 heteroatoms. The van der Waals surface area contributed by atoms with Crippen LogP contribution in [-0.4, -0.2) is 36.1 Å². The summed E-state index contributed by atoms with van der Waals surface area (Å²) in [7, 11) is 1.68. The van der Waals surface area contributed by atoms with Crippen LogP contribution in [0.5, 0.6) is 17.2 Å². The van der Waals surface area contributed by atoms with Crippen molar-refractivity contribution in [1.29, 1.82) is 0 Å². The van der Waals surface area contributed by atoms with E-state index in [1.54, 1.807) is 19.2 Å². The predicted molar refractivity (Wildman–Crippen MR) is 155 cm³/mol. The molecule has 0 fully saturated rings. The van der Waals surface area contributed by atoms with Crippen LogP contribution in [0.3, 0.4) is 0 Å². The lowest BCUT2D eigenvalue weighted by atomic mass is 10.0. The lowest BCUT2D eigenvalue weighted by Gasteiger charge is -2.31. The normalized spacial score (nSPS) is 12.5. The maximum absolute atomic E-state index is 11.4. The van der Waals surface area contributed by atoms with Crippen LogP contribution < -0.4 is 14.8 Å². The highest BCUT2D eigenvalue weighted by molar-refractivity contribution is 5.76. The van der Waals surface area contributed by atoms with Crippen molar-refractivity contribution in [2.24, 2.45) is 0 Å². The van der Waals surface area contributed by atoms with Crippen LogP contribution in [0.4, 0.5) is 5.69 Å². The number of anilines is 1. The molecule has 0 aliphatic rings. The molecular weight excluding hydrogens is 488 g/mol. The molecule has 0 aliphatic heterocycles. The largest absolute Gasteiger partial charge is 0.496 e. The Kier molecular flexibility index (Phi) is 9.73. The molecule has 1 amide bonds. The van der Waals surface area contributed by atoms with Gasteiger partial charge in [-0.3, -0.25) is 9.69 Å². The molecule has 4 rings (SSSR count). The van der Waals surface area contributed by atoms with Gasteiger partial charge in [-0.25, -0.2) is 0 Å². The highest BCUT2D eigenvalue weighted by atomic mass is 16.5. The van der Waals surface area contributed by atoms with Gasteiger partial charge in [-0.1, -0.05) is 66.7 Å². The Labute approximate surface area is 230 Å². The van der Waals surface area contributed by atoms with Crippen molar-refractivity contribution in [2.45, 2.75) is 39.0 Å². The van der Waals surface area contributed by atoms with Gasteiger partial charge in [0.15, 0.2) is 5.75 Å². The number of rotatable bonds is 13. The summed E-state index contributed by atoms with van der Waals surface area (Å²) in [6.07, 6.45) is 0.669. The fourth-order valence-electron chi connectivity index (χ4n) is 4.72. The number of aliphatic hydroxyl groups excluding tert-OH is 1. The number of hydrogen-bond donors (Lipinski definition) is 2. The van der Waals surface area contributed by atoms with Gasteiger partial charge in [0.1, 0.15) is 11.5 Å². The smallest absolute Gasteiger partial charge is 0.211 e. The Balaban J connectivity index is 1.54. The number of carbonyl (C=O) groups is 1. The van der Waals surface area contributed by atoms with Crippen LogP contribution in [0.15, 0.2) is 97.1 Å². The Hall–Kier alpha value is -4.13. The average molecular weight is 525 g/mol. The summed E-state index contributed by atoms with van der Waals surface area (Å²) in [4.78, 5) is 13.6. The zero-order valence-corrected chi connectivity index (χ0v) is 22.7. The number of benzene rings is 4. The van der Waals surface area contributed by atoms with E-state index in [0.717, 1.165) is 17.7 Å². The maximum atomic E-state index is 11.4. The van der Waals surface area contributed by atoms with Crippen molar-refractivity contribution < 1.29 is 19.4 Å². The van der Waals surface area contributed by atoms with Crippen molar-refractivity contribution in [3.8, 4) is 17.2 Å². The first-order chi connectivity index (χ1) is 19.0. The third-order valence-electron chi connectivity index (χ3n) is 6.82. The molecule has 0 radical (unpaired) electrons. The van der Waals surface area contributed by atoms with Gasteiger partial charge >= 0.3 is 0 Å². The Morgan fingerprint density at radius 3 is 2.26 bits per heavy atom. The first-order valence-corrected chi connectivity index (χ1v) is 13.1. The van der Waals surface area contributed by atoms with E-state index in [4.69, 9.17) is 9.47 Å². The van der Waals surface area contributed by atoms with Crippen molar-refractivity contribution in [1.82, 2.24) is 4.90 Å². The molecule has 2 N–H and O–H groups in total. The summed E-state index contributed by atoms with van der Waals surface area (Å²) >= 11 is 0. The second-order valence-electron chi connectivity index (χ2n) is 9.72. The third kappa shape index (κ3) is 7.69. The van der Waals surface area contributed by atoms with E-state index in [2.05, 4.69) is 48.3 Å². The molecule has 0 bridgehead atoms. The number of aliphatic hydroxyl groups is 1. The van der Waals surface area contributed by atoms with Gasteiger partial charge in [0.2, 0.25) is 6.41 Å². The third-order valence-corrected chi connectivity index (χ3v) is 6.82. The van der Waals surface area contributed by atoms with E-state index < -0.39 is 6.10 Å². The van der Waals surface area contributed by atoms with Gasteiger partial charge < -0.3 is 19.9 Å². The molecule has 6 nitrogen and oxygen atoms in total. The highest BCUT2D eigenvalue weighted by Crippen LogP contribution is 2.32. The lowest BCUT2D eigenvalue weighted by molar-refractivity contribution is -0.105. The van der Waals surface area contributed by atoms with Gasteiger partial charge in [0.05, 0.1) is 18.9 Å². The molecular formula is C33H36N2O4. The van der Waals surface area contributed by atoms with E-state index in [9.17, 15) is 9.90 Å². The number of nitrogens with zero attached hydrogens (tertiary/aromatic N) is 1. The quantitative estimate of drug-likeness (QED) is 0.195. The topological polar surface area (TPSA) is 71.0 Å². The van der Waals surface area contributed by atoms with Gasteiger partial charge in [-0.15, -0.1) is 0 Å². The first kappa shape index (κ1) is 27.9. The van der Waals surface area contributed by atoms with Gasteiger partial charge in [-0.05, 0) is 72.9 Å². The van der Waals surface area contributed by atoms with Crippen molar-refractivity contribution in [2.75, 3.05) is 19.0 Å². The minimum atomic E-state index is -0.772. The summed E-state index contributed by atoms with van der Waals surface area (Å²) in [5, 5.41) is 14.1. The summed E-state index contributed by atoms with van der Waals surface area (Å²) < 4.78 is 11.4. The molecule has 0 aliphatic carbocycles. The van der Waals surface area contributed by atoms with Crippen LogP contribution in [0.25, 0.3) is 0 Å². The predicted octanol–water partition coefficient (Wildman–Crippen LogP) is 6.53. The number of hydrogen-bond acceptors (Lipinski definition) is 5. The fraction of sp³-hybridized carbons (Fsp3) is 0.242. The van der Waals surface area contributed by atoms with Gasteiger partial charge in [0, 0.05) is 19.1 Å². The number of nitrogens with one attached hydrogen (secondary N) is 1. The van der Waals surface area contributed by atoms with Gasteiger partial charge in [0.25, 0.3) is 0 Å². The van der Waals surface area contributed by atoms with E-state index in [-0.39, 0.29) is 6.04 Å². The summed E-state index contributed by atoms with van der Waals surface area (Å²) in [6.45, 7) is 5.35. The summed E-state index contributed by atoms with van der Waals surface area (Å²) in [5.41, 5.74) is 4.70. The van der Waals surface area contributed by atoms with Crippen LogP contribution >= 0.6 is 0 Å². The molecule has 0 saturated heterocycles. The number of para-hydroxylation sites is 1. The SMILES string of the molecule is COc1ccc(CC(C)N(Cc2ccccc2)CC(O)c2ccc(Oc3ccccc3)c(NC=O)c2)cc1C. The number of ether oxygens (including phenoxy) is 2. The molecule has 2 atom stereocenters. The molecule has 4 aromatic carbocycles. The maximum Gasteiger partial charge on any atom is 0.211 e. The average Bonchev–Trinajstić information content (AvgIpc) is 2.95. The Morgan fingerprint density at radius 2 is 1.59 bits per heavy atom. The minimum Gasteiger partial charge on any atom is -0.496 e. The Bertz CT molecular complexity index is 1340. The molecule has 0 heterocycles. The second kappa shape index (κ2) is 13.6. The standard InChI is InChI=1S/C33H36N2O4/c1-24-18-27(14-16-32(24)38-3)19-25(2)35(21-26-10-6-4-7-11-26)22-31(37)28-15-17-33(30(20-28)34-23-36)39-29-12-8-5-9-13-29/h4-18,20,23,25,31,37H,19,21-22H2,1-3H3,(H,34,36).